The molecule has 0 spiro atoms. The van der Waals surface area contributed by atoms with Crippen LogP contribution >= 0.6 is 0 Å². The number of hydrogen-bond donors (Lipinski definition) is 1. The van der Waals surface area contributed by atoms with E-state index >= 15 is 0 Å². The van der Waals surface area contributed by atoms with Crippen molar-refractivity contribution in [2.45, 2.75) is 32.5 Å². The van der Waals surface area contributed by atoms with Gasteiger partial charge in [-0.3, -0.25) is 4.79 Å². The Labute approximate surface area is 112 Å². The standard InChI is InChI=1S/C14H18O5/c1-3-18-12(15)9-14(2,17)13(16)19-10-11-7-5-4-6-8-11/h4-8,17H,3,9-10H2,1-2H3/t14-/m0/s1. The lowest BCUT2D eigenvalue weighted by Crippen LogP contribution is -2.39. The predicted molar refractivity (Wildman–Crippen MR) is 68.1 cm³/mol. The molecule has 0 unspecified atom stereocenters. The summed E-state index contributed by atoms with van der Waals surface area (Å²) in [7, 11) is 0. The number of aliphatic hydroxyl groups is 1. The summed E-state index contributed by atoms with van der Waals surface area (Å²) >= 11 is 0. The Bertz CT molecular complexity index is 425. The molecular weight excluding hydrogens is 248 g/mol. The normalized spacial score (nSPS) is 13.4. The van der Waals surface area contributed by atoms with Gasteiger partial charge in [0, 0.05) is 0 Å². The molecule has 0 radical (unpaired) electrons. The van der Waals surface area contributed by atoms with E-state index in [-0.39, 0.29) is 13.2 Å². The van der Waals surface area contributed by atoms with Gasteiger partial charge in [0.25, 0.3) is 0 Å². The number of carbonyl (C=O) groups is 2. The molecular formula is C14H18O5. The molecule has 0 aliphatic rings. The van der Waals surface area contributed by atoms with Gasteiger partial charge in [0.15, 0.2) is 5.60 Å². The Balaban J connectivity index is 2.49. The summed E-state index contributed by atoms with van der Waals surface area (Å²) in [6, 6.07) is 9.09. The fourth-order valence-electron chi connectivity index (χ4n) is 1.44. The lowest BCUT2D eigenvalue weighted by atomic mass is 10.0. The van der Waals surface area contributed by atoms with Gasteiger partial charge < -0.3 is 14.6 Å². The Morgan fingerprint density at radius 3 is 2.42 bits per heavy atom. The fourth-order valence-corrected chi connectivity index (χ4v) is 1.44. The molecule has 1 aromatic rings. The van der Waals surface area contributed by atoms with Crippen LogP contribution in [-0.2, 0) is 25.7 Å². The second kappa shape index (κ2) is 6.89. The molecule has 0 aliphatic carbocycles. The summed E-state index contributed by atoms with van der Waals surface area (Å²) in [6.45, 7) is 3.14. The van der Waals surface area contributed by atoms with Gasteiger partial charge in [-0.25, -0.2) is 4.79 Å². The first-order chi connectivity index (χ1) is 8.95. The summed E-state index contributed by atoms with van der Waals surface area (Å²) in [4.78, 5) is 22.9. The number of benzene rings is 1. The van der Waals surface area contributed by atoms with Crippen molar-refractivity contribution in [3.8, 4) is 0 Å². The van der Waals surface area contributed by atoms with Crippen molar-refractivity contribution >= 4 is 11.9 Å². The number of esters is 2. The lowest BCUT2D eigenvalue weighted by molar-refractivity contribution is -0.171. The molecule has 0 aliphatic heterocycles. The summed E-state index contributed by atoms with van der Waals surface area (Å²) < 4.78 is 9.66. The van der Waals surface area contributed by atoms with Gasteiger partial charge in [-0.15, -0.1) is 0 Å². The van der Waals surface area contributed by atoms with Crippen molar-refractivity contribution in [1.29, 1.82) is 0 Å². The molecule has 19 heavy (non-hydrogen) atoms. The van der Waals surface area contributed by atoms with Crippen LogP contribution < -0.4 is 0 Å². The maximum Gasteiger partial charge on any atom is 0.338 e. The quantitative estimate of drug-likeness (QED) is 0.789. The van der Waals surface area contributed by atoms with Crippen LogP contribution in [0, 0.1) is 0 Å². The highest BCUT2D eigenvalue weighted by Gasteiger charge is 2.35. The van der Waals surface area contributed by atoms with Crippen LogP contribution in [0.4, 0.5) is 0 Å². The Kier molecular flexibility index (Phi) is 5.51. The van der Waals surface area contributed by atoms with Crippen LogP contribution in [0.25, 0.3) is 0 Å². The van der Waals surface area contributed by atoms with E-state index in [1.54, 1.807) is 19.1 Å². The number of rotatable bonds is 6. The molecule has 5 heteroatoms. The van der Waals surface area contributed by atoms with Crippen LogP contribution in [0.15, 0.2) is 30.3 Å². The summed E-state index contributed by atoms with van der Waals surface area (Å²) in [5, 5.41) is 9.88. The van der Waals surface area contributed by atoms with Crippen molar-refractivity contribution in [2.75, 3.05) is 6.61 Å². The van der Waals surface area contributed by atoms with Crippen LogP contribution in [0.2, 0.25) is 0 Å². The highest BCUT2D eigenvalue weighted by Crippen LogP contribution is 2.14. The van der Waals surface area contributed by atoms with E-state index in [1.165, 1.54) is 6.92 Å². The fraction of sp³-hybridized carbons (Fsp3) is 0.429. The predicted octanol–water partition coefficient (Wildman–Crippen LogP) is 1.43. The third-order valence-corrected chi connectivity index (χ3v) is 2.45. The van der Waals surface area contributed by atoms with Gasteiger partial charge in [-0.2, -0.15) is 0 Å². The van der Waals surface area contributed by atoms with Gasteiger partial charge in [0.2, 0.25) is 0 Å². The van der Waals surface area contributed by atoms with Gasteiger partial charge in [0.1, 0.15) is 6.61 Å². The zero-order valence-corrected chi connectivity index (χ0v) is 11.1. The van der Waals surface area contributed by atoms with E-state index in [0.717, 1.165) is 5.56 Å². The highest BCUT2D eigenvalue weighted by atomic mass is 16.6. The minimum absolute atomic E-state index is 0.0542. The minimum Gasteiger partial charge on any atom is -0.466 e. The zero-order chi connectivity index (χ0) is 14.3. The molecule has 104 valence electrons. The summed E-state index contributed by atoms with van der Waals surface area (Å²) in [5.41, 5.74) is -1.07. The van der Waals surface area contributed by atoms with Crippen molar-refractivity contribution in [3.63, 3.8) is 0 Å². The van der Waals surface area contributed by atoms with Crippen LogP contribution in [0.3, 0.4) is 0 Å². The van der Waals surface area contributed by atoms with Crippen molar-refractivity contribution in [3.05, 3.63) is 35.9 Å². The van der Waals surface area contributed by atoms with Crippen LogP contribution in [0.1, 0.15) is 25.8 Å². The average Bonchev–Trinajstić information content (AvgIpc) is 2.36. The number of hydrogen-bond acceptors (Lipinski definition) is 5. The summed E-state index contributed by atoms with van der Waals surface area (Å²) in [5.74, 6) is -1.48. The largest absolute Gasteiger partial charge is 0.466 e. The number of carbonyl (C=O) groups excluding carboxylic acids is 2. The molecule has 1 aromatic carbocycles. The van der Waals surface area contributed by atoms with E-state index in [2.05, 4.69) is 4.74 Å². The first-order valence-corrected chi connectivity index (χ1v) is 6.05. The maximum absolute atomic E-state index is 11.7. The van der Waals surface area contributed by atoms with Crippen LogP contribution in [-0.4, -0.2) is 29.3 Å². The Morgan fingerprint density at radius 2 is 1.84 bits per heavy atom. The monoisotopic (exact) mass is 266 g/mol. The Morgan fingerprint density at radius 1 is 1.21 bits per heavy atom. The molecule has 1 N–H and O–H groups in total. The molecule has 0 aromatic heterocycles. The average molecular weight is 266 g/mol. The van der Waals surface area contributed by atoms with Gasteiger partial charge in [0.05, 0.1) is 13.0 Å². The molecule has 0 fully saturated rings. The zero-order valence-electron chi connectivity index (χ0n) is 11.1. The molecule has 0 heterocycles. The summed E-state index contributed by atoms with van der Waals surface area (Å²) in [6.07, 6.45) is -0.422. The number of ether oxygens (including phenoxy) is 2. The minimum atomic E-state index is -1.87. The van der Waals surface area contributed by atoms with Gasteiger partial charge in [-0.05, 0) is 19.4 Å². The third kappa shape index (κ3) is 5.09. The molecule has 0 amide bonds. The highest BCUT2D eigenvalue weighted by molar-refractivity contribution is 5.85. The van der Waals surface area contributed by atoms with E-state index in [0.29, 0.717) is 0 Å². The van der Waals surface area contributed by atoms with Gasteiger partial charge in [-0.1, -0.05) is 30.3 Å². The lowest BCUT2D eigenvalue weighted by Gasteiger charge is -2.20. The van der Waals surface area contributed by atoms with E-state index < -0.39 is 24.0 Å². The van der Waals surface area contributed by atoms with E-state index in [4.69, 9.17) is 4.74 Å². The molecule has 5 nitrogen and oxygen atoms in total. The molecule has 0 saturated carbocycles. The SMILES string of the molecule is CCOC(=O)C[C@](C)(O)C(=O)OCc1ccccc1. The maximum atomic E-state index is 11.7. The smallest absolute Gasteiger partial charge is 0.338 e. The van der Waals surface area contributed by atoms with Crippen molar-refractivity contribution in [1.82, 2.24) is 0 Å². The van der Waals surface area contributed by atoms with E-state index in [9.17, 15) is 14.7 Å². The van der Waals surface area contributed by atoms with Crippen molar-refractivity contribution in [2.24, 2.45) is 0 Å². The third-order valence-electron chi connectivity index (χ3n) is 2.45. The van der Waals surface area contributed by atoms with Crippen LogP contribution in [0.5, 0.6) is 0 Å². The topological polar surface area (TPSA) is 72.8 Å². The molecule has 0 saturated heterocycles. The Hall–Kier alpha value is -1.88. The molecule has 0 bridgehead atoms. The first kappa shape index (κ1) is 15.2. The molecule has 1 rings (SSSR count). The first-order valence-electron chi connectivity index (χ1n) is 6.05. The van der Waals surface area contributed by atoms with E-state index in [1.807, 2.05) is 18.2 Å². The second-order valence-electron chi connectivity index (χ2n) is 4.32. The van der Waals surface area contributed by atoms with Crippen molar-refractivity contribution < 1.29 is 24.2 Å². The van der Waals surface area contributed by atoms with Gasteiger partial charge >= 0.3 is 11.9 Å². The molecule has 1 atom stereocenters. The second-order valence-corrected chi connectivity index (χ2v) is 4.32.